The van der Waals surface area contributed by atoms with E-state index in [1.807, 2.05) is 54.6 Å². The van der Waals surface area contributed by atoms with E-state index in [0.717, 1.165) is 24.8 Å². The van der Waals surface area contributed by atoms with E-state index in [1.165, 1.54) is 5.56 Å². The first-order valence-electron chi connectivity index (χ1n) is 8.91. The largest absolute Gasteiger partial charge is 0.387 e. The van der Waals surface area contributed by atoms with Crippen molar-refractivity contribution in [1.82, 2.24) is 10.6 Å². The minimum absolute atomic E-state index is 0.0606. The van der Waals surface area contributed by atoms with Gasteiger partial charge in [0.05, 0.1) is 6.10 Å². The molecule has 0 saturated heterocycles. The molecule has 0 heterocycles. The monoisotopic (exact) mass is 340 g/mol. The lowest BCUT2D eigenvalue weighted by Gasteiger charge is -2.20. The number of hydrogen-bond donors (Lipinski definition) is 3. The highest BCUT2D eigenvalue weighted by molar-refractivity contribution is 5.93. The topological polar surface area (TPSA) is 61.4 Å². The fraction of sp³-hybridized carbons (Fsp3) is 0.381. The van der Waals surface area contributed by atoms with Crippen molar-refractivity contribution in [2.24, 2.45) is 0 Å². The molecule has 0 aliphatic carbocycles. The summed E-state index contributed by atoms with van der Waals surface area (Å²) in [7, 11) is 1.64. The standard InChI is InChI=1S/C21H28N2O2/c1-3-19(23-15-20(24)17-7-5-4-6-8-17)14-11-16-9-12-18(13-10-16)21(25)22-2/h4-10,12-13,19-20,23-24H,3,11,14-15H2,1-2H3,(H,22,25). The highest BCUT2D eigenvalue weighted by atomic mass is 16.3. The van der Waals surface area contributed by atoms with Gasteiger partial charge in [-0.05, 0) is 42.5 Å². The molecule has 4 heteroatoms. The van der Waals surface area contributed by atoms with Gasteiger partial charge in [-0.3, -0.25) is 4.79 Å². The zero-order valence-electron chi connectivity index (χ0n) is 15.0. The zero-order chi connectivity index (χ0) is 18.1. The van der Waals surface area contributed by atoms with Gasteiger partial charge in [0, 0.05) is 25.2 Å². The third-order valence-electron chi connectivity index (χ3n) is 4.50. The SMILES string of the molecule is CCC(CCc1ccc(C(=O)NC)cc1)NCC(O)c1ccccc1. The van der Waals surface area contributed by atoms with Crippen molar-refractivity contribution in [3.05, 3.63) is 71.3 Å². The Morgan fingerprint density at radius 2 is 1.76 bits per heavy atom. The highest BCUT2D eigenvalue weighted by Crippen LogP contribution is 2.13. The van der Waals surface area contributed by atoms with E-state index in [0.29, 0.717) is 18.2 Å². The lowest BCUT2D eigenvalue weighted by Crippen LogP contribution is -2.32. The molecule has 0 bridgehead atoms. The van der Waals surface area contributed by atoms with Crippen molar-refractivity contribution >= 4 is 5.91 Å². The van der Waals surface area contributed by atoms with Crippen LogP contribution in [0.25, 0.3) is 0 Å². The Morgan fingerprint density at radius 3 is 2.36 bits per heavy atom. The molecule has 0 saturated carbocycles. The molecule has 1 amide bonds. The second-order valence-electron chi connectivity index (χ2n) is 6.25. The van der Waals surface area contributed by atoms with E-state index in [-0.39, 0.29) is 5.91 Å². The van der Waals surface area contributed by atoms with Crippen LogP contribution in [0, 0.1) is 0 Å². The van der Waals surface area contributed by atoms with Gasteiger partial charge < -0.3 is 15.7 Å². The van der Waals surface area contributed by atoms with Gasteiger partial charge in [0.1, 0.15) is 0 Å². The lowest BCUT2D eigenvalue weighted by atomic mass is 10.0. The number of nitrogens with one attached hydrogen (secondary N) is 2. The Balaban J connectivity index is 1.80. The number of amides is 1. The minimum atomic E-state index is -0.484. The van der Waals surface area contributed by atoms with Gasteiger partial charge in [0.2, 0.25) is 0 Å². The molecule has 25 heavy (non-hydrogen) atoms. The summed E-state index contributed by atoms with van der Waals surface area (Å²) in [5, 5.41) is 16.3. The number of benzene rings is 2. The Hall–Kier alpha value is -2.17. The number of carbonyl (C=O) groups is 1. The van der Waals surface area contributed by atoms with Crippen molar-refractivity contribution in [3.8, 4) is 0 Å². The summed E-state index contributed by atoms with van der Waals surface area (Å²) in [6, 6.07) is 17.8. The Labute approximate surface area is 150 Å². The molecule has 2 atom stereocenters. The van der Waals surface area contributed by atoms with E-state index in [2.05, 4.69) is 17.6 Å². The van der Waals surface area contributed by atoms with E-state index < -0.39 is 6.10 Å². The third kappa shape index (κ3) is 6.00. The van der Waals surface area contributed by atoms with Crippen LogP contribution in [0.2, 0.25) is 0 Å². The molecule has 0 aromatic heterocycles. The Bertz CT molecular complexity index is 641. The average Bonchev–Trinajstić information content (AvgIpc) is 2.68. The molecule has 2 rings (SSSR count). The maximum Gasteiger partial charge on any atom is 0.251 e. The quantitative estimate of drug-likeness (QED) is 0.657. The second-order valence-corrected chi connectivity index (χ2v) is 6.25. The number of aryl methyl sites for hydroxylation is 1. The molecule has 0 fully saturated rings. The number of carbonyl (C=O) groups excluding carboxylic acids is 1. The van der Waals surface area contributed by atoms with Gasteiger partial charge in [0.25, 0.3) is 5.91 Å². The van der Waals surface area contributed by atoms with Crippen LogP contribution in [0.5, 0.6) is 0 Å². The van der Waals surface area contributed by atoms with Crippen molar-refractivity contribution in [2.45, 2.75) is 38.3 Å². The Kier molecular flexibility index (Phi) is 7.64. The lowest BCUT2D eigenvalue weighted by molar-refractivity contribution is 0.0963. The maximum absolute atomic E-state index is 11.6. The van der Waals surface area contributed by atoms with Gasteiger partial charge in [-0.1, -0.05) is 49.4 Å². The molecule has 2 unspecified atom stereocenters. The van der Waals surface area contributed by atoms with Crippen LogP contribution in [0.1, 0.15) is 47.4 Å². The fourth-order valence-corrected chi connectivity index (χ4v) is 2.83. The van der Waals surface area contributed by atoms with E-state index >= 15 is 0 Å². The first-order valence-corrected chi connectivity index (χ1v) is 8.91. The van der Waals surface area contributed by atoms with Crippen LogP contribution in [0.15, 0.2) is 54.6 Å². The molecular weight excluding hydrogens is 312 g/mol. The fourth-order valence-electron chi connectivity index (χ4n) is 2.83. The van der Waals surface area contributed by atoms with Gasteiger partial charge in [-0.15, -0.1) is 0 Å². The first kappa shape index (κ1) is 19.2. The predicted octanol–water partition coefficient (Wildman–Crippen LogP) is 3.08. The molecule has 0 aliphatic heterocycles. The molecule has 2 aromatic rings. The summed E-state index contributed by atoms with van der Waals surface area (Å²) in [4.78, 5) is 11.6. The normalized spacial score (nSPS) is 13.2. The third-order valence-corrected chi connectivity index (χ3v) is 4.50. The summed E-state index contributed by atoms with van der Waals surface area (Å²) >= 11 is 0. The van der Waals surface area contributed by atoms with Crippen molar-refractivity contribution in [1.29, 1.82) is 0 Å². The molecule has 4 nitrogen and oxygen atoms in total. The zero-order valence-corrected chi connectivity index (χ0v) is 15.0. The molecule has 0 spiro atoms. The van der Waals surface area contributed by atoms with E-state index in [1.54, 1.807) is 7.05 Å². The molecule has 134 valence electrons. The van der Waals surface area contributed by atoms with E-state index in [9.17, 15) is 9.90 Å². The van der Waals surface area contributed by atoms with Crippen LogP contribution < -0.4 is 10.6 Å². The van der Waals surface area contributed by atoms with Crippen molar-refractivity contribution < 1.29 is 9.90 Å². The molecule has 0 aliphatic rings. The number of rotatable bonds is 9. The predicted molar refractivity (Wildman–Crippen MR) is 102 cm³/mol. The summed E-state index contributed by atoms with van der Waals surface area (Å²) in [6.07, 6.45) is 2.47. The van der Waals surface area contributed by atoms with Crippen LogP contribution in [0.3, 0.4) is 0 Å². The summed E-state index contributed by atoms with van der Waals surface area (Å²) in [5.41, 5.74) is 2.84. The summed E-state index contributed by atoms with van der Waals surface area (Å²) in [5.74, 6) is -0.0606. The van der Waals surface area contributed by atoms with Gasteiger partial charge in [-0.2, -0.15) is 0 Å². The van der Waals surface area contributed by atoms with Crippen LogP contribution in [0.4, 0.5) is 0 Å². The minimum Gasteiger partial charge on any atom is -0.387 e. The van der Waals surface area contributed by atoms with Gasteiger partial charge >= 0.3 is 0 Å². The van der Waals surface area contributed by atoms with Crippen molar-refractivity contribution in [2.75, 3.05) is 13.6 Å². The van der Waals surface area contributed by atoms with Gasteiger partial charge in [0.15, 0.2) is 0 Å². The number of aliphatic hydroxyl groups excluding tert-OH is 1. The van der Waals surface area contributed by atoms with E-state index in [4.69, 9.17) is 0 Å². The van der Waals surface area contributed by atoms with Crippen LogP contribution >= 0.6 is 0 Å². The number of aliphatic hydroxyl groups is 1. The summed E-state index contributed by atoms with van der Waals surface area (Å²) < 4.78 is 0. The first-order chi connectivity index (χ1) is 12.1. The molecular formula is C21H28N2O2. The summed E-state index contributed by atoms with van der Waals surface area (Å²) in [6.45, 7) is 2.71. The highest BCUT2D eigenvalue weighted by Gasteiger charge is 2.11. The van der Waals surface area contributed by atoms with Crippen molar-refractivity contribution in [3.63, 3.8) is 0 Å². The smallest absolute Gasteiger partial charge is 0.251 e. The molecule has 0 radical (unpaired) electrons. The Morgan fingerprint density at radius 1 is 1.08 bits per heavy atom. The van der Waals surface area contributed by atoms with Gasteiger partial charge in [-0.25, -0.2) is 0 Å². The second kappa shape index (κ2) is 9.97. The molecule has 3 N–H and O–H groups in total. The van der Waals surface area contributed by atoms with Crippen LogP contribution in [-0.2, 0) is 6.42 Å². The average molecular weight is 340 g/mol. The maximum atomic E-state index is 11.6. The van der Waals surface area contributed by atoms with Crippen LogP contribution in [-0.4, -0.2) is 30.6 Å². The number of hydrogen-bond acceptors (Lipinski definition) is 3. The molecule has 2 aromatic carbocycles.